The largest absolute Gasteiger partial charge is 0.341 e. The molecule has 0 spiro atoms. The Morgan fingerprint density at radius 1 is 1.21 bits per heavy atom. The lowest BCUT2D eigenvalue weighted by molar-refractivity contribution is 0.0664. The number of aromatic nitrogens is 3. The number of fused-ring (bicyclic) bond motifs is 2. The molecule has 1 amide bonds. The second-order valence-corrected chi connectivity index (χ2v) is 9.44. The first-order chi connectivity index (χ1) is 16.1. The average Bonchev–Trinajstić information content (AvgIpc) is 3.25. The normalized spacial score (nSPS) is 19.2. The van der Waals surface area contributed by atoms with Gasteiger partial charge in [0, 0.05) is 37.9 Å². The minimum Gasteiger partial charge on any atom is -0.341 e. The molecule has 1 aliphatic heterocycles. The SMILES string of the molecule is CCCN(Cc1nc2ccc(C(=O)N3CCN(C)CC3)cc2[nH]1)C1CCCc2cccnc21. The van der Waals surface area contributed by atoms with Crippen LogP contribution in [0.3, 0.4) is 0 Å². The Morgan fingerprint density at radius 2 is 2.06 bits per heavy atom. The van der Waals surface area contributed by atoms with Gasteiger partial charge in [0.25, 0.3) is 5.91 Å². The zero-order valence-corrected chi connectivity index (χ0v) is 19.8. The van der Waals surface area contributed by atoms with Crippen molar-refractivity contribution in [3.8, 4) is 0 Å². The van der Waals surface area contributed by atoms with Gasteiger partial charge in [0.05, 0.1) is 29.3 Å². The summed E-state index contributed by atoms with van der Waals surface area (Å²) in [5.41, 5.74) is 5.19. The number of carbonyl (C=O) groups excluding carboxylic acids is 1. The Kier molecular flexibility index (Phi) is 6.42. The van der Waals surface area contributed by atoms with Crippen molar-refractivity contribution < 1.29 is 4.79 Å². The van der Waals surface area contributed by atoms with E-state index in [1.807, 2.05) is 35.4 Å². The van der Waals surface area contributed by atoms with Crippen molar-refractivity contribution >= 4 is 16.9 Å². The molecule has 2 aliphatic rings. The van der Waals surface area contributed by atoms with Gasteiger partial charge < -0.3 is 14.8 Å². The van der Waals surface area contributed by atoms with E-state index in [4.69, 9.17) is 9.97 Å². The Balaban J connectivity index is 1.35. The van der Waals surface area contributed by atoms with E-state index in [-0.39, 0.29) is 5.91 Å². The molecule has 3 heterocycles. The Hall–Kier alpha value is -2.77. The molecule has 3 aromatic rings. The second-order valence-electron chi connectivity index (χ2n) is 9.44. The summed E-state index contributed by atoms with van der Waals surface area (Å²) in [6, 6.07) is 10.5. The fourth-order valence-electron chi connectivity index (χ4n) is 5.23. The number of benzene rings is 1. The van der Waals surface area contributed by atoms with Crippen molar-refractivity contribution in [2.75, 3.05) is 39.8 Å². The molecule has 7 nitrogen and oxygen atoms in total. The number of imidazole rings is 1. The lowest BCUT2D eigenvalue weighted by atomic mass is 9.90. The van der Waals surface area contributed by atoms with Crippen molar-refractivity contribution in [1.82, 2.24) is 29.7 Å². The van der Waals surface area contributed by atoms with Crippen LogP contribution in [0.5, 0.6) is 0 Å². The molecule has 2 aromatic heterocycles. The maximum atomic E-state index is 13.0. The maximum Gasteiger partial charge on any atom is 0.254 e. The number of nitrogens with one attached hydrogen (secondary N) is 1. The van der Waals surface area contributed by atoms with Crippen molar-refractivity contribution in [1.29, 1.82) is 0 Å². The summed E-state index contributed by atoms with van der Waals surface area (Å²) in [6.45, 7) is 7.40. The standard InChI is InChI=1S/C26H34N6O/c1-3-12-32(23-8-4-6-19-7-5-11-27-25(19)23)18-24-28-21-10-9-20(17-22(21)29-24)26(33)31-15-13-30(2)14-16-31/h5,7,9-11,17,23H,3-4,6,8,12-16,18H2,1-2H3,(H,28,29). The van der Waals surface area contributed by atoms with E-state index in [1.54, 1.807) is 0 Å². The molecule has 1 atom stereocenters. The predicted molar refractivity (Wildman–Crippen MR) is 130 cm³/mol. The van der Waals surface area contributed by atoms with E-state index >= 15 is 0 Å². The zero-order chi connectivity index (χ0) is 22.8. The van der Waals surface area contributed by atoms with Crippen LogP contribution in [-0.4, -0.2) is 75.3 Å². The summed E-state index contributed by atoms with van der Waals surface area (Å²) in [6.07, 6.45) is 6.45. The van der Waals surface area contributed by atoms with E-state index in [9.17, 15) is 4.79 Å². The molecule has 0 saturated carbocycles. The molecule has 174 valence electrons. The van der Waals surface area contributed by atoms with Crippen molar-refractivity contribution in [3.05, 3.63) is 59.2 Å². The number of aromatic amines is 1. The molecule has 7 heteroatoms. The summed E-state index contributed by atoms with van der Waals surface area (Å²) < 4.78 is 0. The van der Waals surface area contributed by atoms with Gasteiger partial charge in [0.2, 0.25) is 0 Å². The smallest absolute Gasteiger partial charge is 0.254 e. The van der Waals surface area contributed by atoms with Crippen molar-refractivity contribution in [3.63, 3.8) is 0 Å². The van der Waals surface area contributed by atoms with Gasteiger partial charge in [-0.3, -0.25) is 14.7 Å². The second kappa shape index (κ2) is 9.61. The molecule has 1 aromatic carbocycles. The number of H-pyrrole nitrogens is 1. The number of aryl methyl sites for hydroxylation is 1. The van der Waals surface area contributed by atoms with E-state index in [1.165, 1.54) is 17.7 Å². The summed E-state index contributed by atoms with van der Waals surface area (Å²) in [5, 5.41) is 0. The third kappa shape index (κ3) is 4.66. The highest BCUT2D eigenvalue weighted by Gasteiger charge is 2.27. The first-order valence-corrected chi connectivity index (χ1v) is 12.3. The van der Waals surface area contributed by atoms with Gasteiger partial charge in [-0.2, -0.15) is 0 Å². The summed E-state index contributed by atoms with van der Waals surface area (Å²) >= 11 is 0. The van der Waals surface area contributed by atoms with Gasteiger partial charge in [0.1, 0.15) is 5.82 Å². The quantitative estimate of drug-likeness (QED) is 0.626. The highest BCUT2D eigenvalue weighted by atomic mass is 16.2. The molecular weight excluding hydrogens is 412 g/mol. The first-order valence-electron chi connectivity index (χ1n) is 12.3. The number of nitrogens with zero attached hydrogens (tertiary/aromatic N) is 5. The predicted octanol–water partition coefficient (Wildman–Crippen LogP) is 3.64. The third-order valence-electron chi connectivity index (χ3n) is 7.04. The summed E-state index contributed by atoms with van der Waals surface area (Å²) in [7, 11) is 2.10. The Bertz CT molecular complexity index is 1120. The van der Waals surface area contributed by atoms with E-state index in [2.05, 4.69) is 34.8 Å². The fraction of sp³-hybridized carbons (Fsp3) is 0.500. The average molecular weight is 447 g/mol. The monoisotopic (exact) mass is 446 g/mol. The summed E-state index contributed by atoms with van der Waals surface area (Å²) in [4.78, 5) is 32.8. The van der Waals surface area contributed by atoms with Crippen LogP contribution in [0.2, 0.25) is 0 Å². The van der Waals surface area contributed by atoms with Crippen LogP contribution >= 0.6 is 0 Å². The van der Waals surface area contributed by atoms with Crippen molar-refractivity contribution in [2.45, 2.75) is 45.2 Å². The zero-order valence-electron chi connectivity index (χ0n) is 19.8. The summed E-state index contributed by atoms with van der Waals surface area (Å²) in [5.74, 6) is 1.06. The number of piperazine rings is 1. The number of amides is 1. The van der Waals surface area contributed by atoms with E-state index in [0.29, 0.717) is 6.04 Å². The van der Waals surface area contributed by atoms with Crippen molar-refractivity contribution in [2.24, 2.45) is 0 Å². The fourth-order valence-corrected chi connectivity index (χ4v) is 5.23. The topological polar surface area (TPSA) is 68.4 Å². The van der Waals surface area contributed by atoms with Gasteiger partial charge in [-0.05, 0) is 69.1 Å². The number of likely N-dealkylation sites (N-methyl/N-ethyl adjacent to an activating group) is 1. The number of rotatable bonds is 6. The molecule has 0 radical (unpaired) electrons. The minimum atomic E-state index is 0.110. The third-order valence-corrected chi connectivity index (χ3v) is 7.04. The van der Waals surface area contributed by atoms with Gasteiger partial charge in [-0.25, -0.2) is 4.98 Å². The molecular formula is C26H34N6O. The number of hydrogen-bond donors (Lipinski definition) is 1. The lowest BCUT2D eigenvalue weighted by Gasteiger charge is -2.34. The molecule has 1 fully saturated rings. The van der Waals surface area contributed by atoms with E-state index < -0.39 is 0 Å². The van der Waals surface area contributed by atoms with Crippen LogP contribution in [0, 0.1) is 0 Å². The van der Waals surface area contributed by atoms with Gasteiger partial charge in [0.15, 0.2) is 0 Å². The minimum absolute atomic E-state index is 0.110. The molecule has 1 saturated heterocycles. The molecule has 1 N–H and O–H groups in total. The Morgan fingerprint density at radius 3 is 2.88 bits per heavy atom. The van der Waals surface area contributed by atoms with Crippen LogP contribution in [-0.2, 0) is 13.0 Å². The molecule has 5 rings (SSSR count). The highest BCUT2D eigenvalue weighted by Crippen LogP contribution is 2.33. The number of carbonyl (C=O) groups is 1. The first kappa shape index (κ1) is 22.0. The van der Waals surface area contributed by atoms with Crippen LogP contribution in [0.25, 0.3) is 11.0 Å². The number of hydrogen-bond acceptors (Lipinski definition) is 5. The molecule has 1 unspecified atom stereocenters. The van der Waals surface area contributed by atoms with Crippen LogP contribution < -0.4 is 0 Å². The van der Waals surface area contributed by atoms with Crippen LogP contribution in [0.15, 0.2) is 36.5 Å². The van der Waals surface area contributed by atoms with Crippen LogP contribution in [0.4, 0.5) is 0 Å². The lowest BCUT2D eigenvalue weighted by Crippen LogP contribution is -2.47. The Labute approximate surface area is 195 Å². The van der Waals surface area contributed by atoms with Gasteiger partial charge in [-0.15, -0.1) is 0 Å². The van der Waals surface area contributed by atoms with Crippen LogP contribution in [0.1, 0.15) is 59.7 Å². The maximum absolute atomic E-state index is 13.0. The molecule has 1 aliphatic carbocycles. The highest BCUT2D eigenvalue weighted by molar-refractivity contribution is 5.97. The van der Waals surface area contributed by atoms with Gasteiger partial charge >= 0.3 is 0 Å². The van der Waals surface area contributed by atoms with Gasteiger partial charge in [-0.1, -0.05) is 13.0 Å². The number of pyridine rings is 1. The molecule has 0 bridgehead atoms. The van der Waals surface area contributed by atoms with E-state index in [0.717, 1.165) is 81.0 Å². The molecule has 33 heavy (non-hydrogen) atoms.